The number of carbonyl (C=O) groups is 1. The molecule has 0 aromatic carbocycles. The van der Waals surface area contributed by atoms with Crippen LogP contribution in [0, 0.1) is 0 Å². The monoisotopic (exact) mass is 144 g/mol. The van der Waals surface area contributed by atoms with Gasteiger partial charge < -0.3 is 9.59 Å². The van der Waals surface area contributed by atoms with Crippen molar-refractivity contribution in [1.82, 2.24) is 0 Å². The summed E-state index contributed by atoms with van der Waals surface area (Å²) in [6.45, 7) is 1.35. The van der Waals surface area contributed by atoms with Crippen molar-refractivity contribution < 1.29 is 26.4 Å². The molecule has 1 radical (unpaired) electrons. The van der Waals surface area contributed by atoms with Crippen LogP contribution in [-0.2, 0) is 26.4 Å². The maximum Gasteiger partial charge on any atom is 0.103 e. The normalized spacial score (nSPS) is 6.43. The summed E-state index contributed by atoms with van der Waals surface area (Å²) in [6, 6.07) is 0. The molecule has 0 spiro atoms. The van der Waals surface area contributed by atoms with E-state index in [0.717, 1.165) is 0 Å². The fourth-order valence-electron chi connectivity index (χ4n) is 0.102. The van der Waals surface area contributed by atoms with Gasteiger partial charge in [0, 0.05) is 16.8 Å². The largest absolute Gasteiger partial charge is 0.541 e. The zero-order valence-corrected chi connectivity index (χ0v) is 4.90. The van der Waals surface area contributed by atoms with Gasteiger partial charge in [0.05, 0.1) is 0 Å². The second kappa shape index (κ2) is 5.85. The van der Waals surface area contributed by atoms with E-state index in [1.165, 1.54) is 13.2 Å². The molecule has 7 heavy (non-hydrogen) atoms. The van der Waals surface area contributed by atoms with Crippen LogP contribution >= 0.6 is 0 Å². The molecule has 0 saturated heterocycles. The minimum Gasteiger partial charge on any atom is -0.541 e. The molecule has 3 heteroatoms. The van der Waals surface area contributed by atoms with Gasteiger partial charge in [-0.1, -0.05) is 6.42 Å². The zero-order valence-electron chi connectivity index (χ0n) is 3.86. The second-order valence-electron chi connectivity index (χ2n) is 1.02. The molecule has 0 aliphatic heterocycles. The molecule has 0 fully saturated rings. The summed E-state index contributed by atoms with van der Waals surface area (Å²) in [4.78, 5) is 19.1. The van der Waals surface area contributed by atoms with E-state index in [9.17, 15) is 9.59 Å². The molecule has 0 aromatic rings. The van der Waals surface area contributed by atoms with E-state index in [4.69, 9.17) is 0 Å². The summed E-state index contributed by atoms with van der Waals surface area (Å²) in [6.07, 6.45) is 1.40. The third-order valence-electron chi connectivity index (χ3n) is 0.321. The van der Waals surface area contributed by atoms with Crippen molar-refractivity contribution in [2.24, 2.45) is 0 Å². The Morgan fingerprint density at radius 1 is 1.71 bits per heavy atom. The summed E-state index contributed by atoms with van der Waals surface area (Å²) in [5.74, 6) is -0.134. The number of carbonyl (C=O) groups excluding carboxylic acids is 2. The summed E-state index contributed by atoms with van der Waals surface area (Å²) >= 11 is 0. The molecule has 0 amide bonds. The number of Topliss-reactive ketones (excluding diaryl/α,β-unsaturated/α-hetero) is 1. The maximum absolute atomic E-state index is 9.78. The predicted molar refractivity (Wildman–Crippen MR) is 21.0 cm³/mol. The van der Waals surface area contributed by atoms with Crippen LogP contribution in [0.2, 0.25) is 0 Å². The maximum atomic E-state index is 9.78. The van der Waals surface area contributed by atoms with E-state index in [0.29, 0.717) is 0 Å². The third-order valence-corrected chi connectivity index (χ3v) is 0.321. The third kappa shape index (κ3) is 10.7. The van der Waals surface area contributed by atoms with Gasteiger partial charge in [-0.2, -0.15) is 0 Å². The van der Waals surface area contributed by atoms with Gasteiger partial charge in [-0.3, -0.25) is 6.29 Å². The van der Waals surface area contributed by atoms with E-state index in [1.807, 2.05) is 0 Å². The molecule has 0 unspecified atom stereocenters. The summed E-state index contributed by atoms with van der Waals surface area (Å²) < 4.78 is 0. The van der Waals surface area contributed by atoms with Crippen LogP contribution in [-0.4, -0.2) is 12.1 Å². The van der Waals surface area contributed by atoms with E-state index < -0.39 is 0 Å². The first kappa shape index (κ1) is 9.96. The zero-order chi connectivity index (χ0) is 4.99. The van der Waals surface area contributed by atoms with Crippen molar-refractivity contribution in [2.75, 3.05) is 0 Å². The van der Waals surface area contributed by atoms with Gasteiger partial charge in [-0.25, -0.2) is 0 Å². The fourth-order valence-corrected chi connectivity index (χ4v) is 0.102. The quantitative estimate of drug-likeness (QED) is 0.406. The van der Waals surface area contributed by atoms with Crippen LogP contribution in [0.4, 0.5) is 0 Å². The average molecular weight is 144 g/mol. The number of hydrogen-bond donors (Lipinski definition) is 0. The summed E-state index contributed by atoms with van der Waals surface area (Å²) in [5.41, 5.74) is 0. The van der Waals surface area contributed by atoms with Crippen LogP contribution in [0.15, 0.2) is 0 Å². The molecule has 0 bridgehead atoms. The van der Waals surface area contributed by atoms with Crippen LogP contribution in [0.1, 0.15) is 13.3 Å². The van der Waals surface area contributed by atoms with E-state index in [2.05, 4.69) is 0 Å². The molecule has 0 aliphatic carbocycles. The minimum absolute atomic E-state index is 0. The molecular weight excluding hydrogens is 139 g/mol. The van der Waals surface area contributed by atoms with Gasteiger partial charge in [0.1, 0.15) is 5.78 Å². The van der Waals surface area contributed by atoms with E-state index in [1.54, 1.807) is 0 Å². The van der Waals surface area contributed by atoms with Crippen molar-refractivity contribution in [2.45, 2.75) is 13.3 Å². The van der Waals surface area contributed by atoms with Crippen molar-refractivity contribution in [3.63, 3.8) is 0 Å². The van der Waals surface area contributed by atoms with Gasteiger partial charge in [0.25, 0.3) is 0 Å². The van der Waals surface area contributed by atoms with Crippen molar-refractivity contribution in [3.05, 3.63) is 0 Å². The van der Waals surface area contributed by atoms with Gasteiger partial charge in [-0.05, 0) is 6.92 Å². The van der Waals surface area contributed by atoms with Gasteiger partial charge in [-0.15, -0.1) is 0 Å². The molecule has 0 rings (SSSR count). The number of ketones is 1. The molecule has 0 N–H and O–H groups in total. The Hall–Kier alpha value is -0.154. The van der Waals surface area contributed by atoms with Crippen LogP contribution in [0.5, 0.6) is 0 Å². The molecular formula is C4H5CoO2-. The van der Waals surface area contributed by atoms with Gasteiger partial charge in [0.2, 0.25) is 0 Å². The molecule has 43 valence electrons. The van der Waals surface area contributed by atoms with Crippen LogP contribution < -0.4 is 0 Å². The number of hydrogen-bond acceptors (Lipinski definition) is 2. The Bertz CT molecular complexity index is 70.1. The number of rotatable bonds is 2. The summed E-state index contributed by atoms with van der Waals surface area (Å²) in [7, 11) is 0. The second-order valence-corrected chi connectivity index (χ2v) is 1.02. The van der Waals surface area contributed by atoms with Crippen molar-refractivity contribution in [3.8, 4) is 0 Å². The standard InChI is InChI=1S/C4H5O2.Co/c1-4(6)2-3-5;/h2H2,1H3;/q-1;. The Kier molecular flexibility index (Phi) is 8.32. The van der Waals surface area contributed by atoms with E-state index >= 15 is 0 Å². The van der Waals surface area contributed by atoms with Crippen LogP contribution in [0.3, 0.4) is 0 Å². The Labute approximate surface area is 52.5 Å². The summed E-state index contributed by atoms with van der Waals surface area (Å²) in [5, 5.41) is 0. The Balaban J connectivity index is 0. The first-order chi connectivity index (χ1) is 2.77. The van der Waals surface area contributed by atoms with Gasteiger partial charge >= 0.3 is 0 Å². The van der Waals surface area contributed by atoms with Crippen molar-refractivity contribution in [1.29, 1.82) is 0 Å². The average Bonchev–Trinajstić information content (AvgIpc) is 1.35. The Morgan fingerprint density at radius 3 is 2.14 bits per heavy atom. The Morgan fingerprint density at radius 2 is 2.14 bits per heavy atom. The predicted octanol–water partition coefficient (Wildman–Crippen LogP) is 0.0727. The van der Waals surface area contributed by atoms with Crippen LogP contribution in [0.25, 0.3) is 0 Å². The molecule has 0 saturated carbocycles. The molecule has 2 nitrogen and oxygen atoms in total. The SMILES string of the molecule is CC(=O)C[C-]=O.[Co]. The minimum atomic E-state index is -0.134. The first-order valence-electron chi connectivity index (χ1n) is 1.62. The smallest absolute Gasteiger partial charge is 0.103 e. The topological polar surface area (TPSA) is 34.1 Å². The van der Waals surface area contributed by atoms with Gasteiger partial charge in [0.15, 0.2) is 0 Å². The molecule has 0 aromatic heterocycles. The molecule has 0 aliphatic rings. The first-order valence-corrected chi connectivity index (χ1v) is 1.62. The van der Waals surface area contributed by atoms with Crippen molar-refractivity contribution >= 4 is 12.1 Å². The fraction of sp³-hybridized carbons (Fsp3) is 0.500. The van der Waals surface area contributed by atoms with E-state index in [-0.39, 0.29) is 29.0 Å². The molecule has 0 heterocycles. The molecule has 0 atom stereocenters.